The maximum absolute atomic E-state index is 5.88. The van der Waals surface area contributed by atoms with Crippen LogP contribution in [0.15, 0.2) is 24.3 Å². The summed E-state index contributed by atoms with van der Waals surface area (Å²) in [7, 11) is 2.07. The highest BCUT2D eigenvalue weighted by molar-refractivity contribution is 6.30. The molecule has 0 aromatic heterocycles. The predicted molar refractivity (Wildman–Crippen MR) is 70.0 cm³/mol. The molecule has 2 rings (SSSR count). The van der Waals surface area contributed by atoms with Crippen LogP contribution in [0.1, 0.15) is 31.2 Å². The molecule has 0 amide bonds. The van der Waals surface area contributed by atoms with Crippen molar-refractivity contribution in [2.24, 2.45) is 5.92 Å². The lowest BCUT2D eigenvalue weighted by Crippen LogP contribution is -2.30. The highest BCUT2D eigenvalue weighted by atomic mass is 35.5. The summed E-state index contributed by atoms with van der Waals surface area (Å²) in [6.07, 6.45) is 6.58. The van der Waals surface area contributed by atoms with E-state index >= 15 is 0 Å². The van der Waals surface area contributed by atoms with Crippen molar-refractivity contribution in [3.63, 3.8) is 0 Å². The fraction of sp³-hybridized carbons (Fsp3) is 0.571. The second kappa shape index (κ2) is 5.70. The minimum atomic E-state index is 0.751. The van der Waals surface area contributed by atoms with Gasteiger partial charge in [0.25, 0.3) is 0 Å². The van der Waals surface area contributed by atoms with E-state index in [0.29, 0.717) is 0 Å². The first-order valence-electron chi connectivity index (χ1n) is 6.19. The zero-order valence-electron chi connectivity index (χ0n) is 9.88. The third-order valence-corrected chi connectivity index (χ3v) is 3.94. The lowest BCUT2D eigenvalue weighted by atomic mass is 9.82. The molecule has 88 valence electrons. The van der Waals surface area contributed by atoms with E-state index in [1.807, 2.05) is 12.1 Å². The van der Waals surface area contributed by atoms with Gasteiger partial charge in [0.05, 0.1) is 0 Å². The Hall–Kier alpha value is -0.530. The lowest BCUT2D eigenvalue weighted by Gasteiger charge is -2.28. The van der Waals surface area contributed by atoms with Crippen LogP contribution in [0.5, 0.6) is 0 Å². The third-order valence-electron chi connectivity index (χ3n) is 3.69. The molecule has 0 unspecified atom stereocenters. The molecule has 0 heterocycles. The Morgan fingerprint density at radius 2 is 1.75 bits per heavy atom. The predicted octanol–water partition coefficient (Wildman–Crippen LogP) is 3.66. The van der Waals surface area contributed by atoms with Crippen LogP contribution in [0.25, 0.3) is 0 Å². The van der Waals surface area contributed by atoms with Crippen molar-refractivity contribution in [1.29, 1.82) is 0 Å². The second-order valence-corrected chi connectivity index (χ2v) is 5.27. The van der Waals surface area contributed by atoms with Gasteiger partial charge in [0.1, 0.15) is 0 Å². The molecule has 1 saturated carbocycles. The van der Waals surface area contributed by atoms with Gasteiger partial charge in [0.15, 0.2) is 0 Å². The van der Waals surface area contributed by atoms with Gasteiger partial charge in [-0.3, -0.25) is 0 Å². The van der Waals surface area contributed by atoms with Gasteiger partial charge in [0.2, 0.25) is 0 Å². The van der Waals surface area contributed by atoms with Gasteiger partial charge in [-0.25, -0.2) is 0 Å². The van der Waals surface area contributed by atoms with Gasteiger partial charge in [-0.15, -0.1) is 0 Å². The Kier molecular flexibility index (Phi) is 4.25. The van der Waals surface area contributed by atoms with Gasteiger partial charge < -0.3 is 5.32 Å². The first-order chi connectivity index (χ1) is 7.78. The molecule has 16 heavy (non-hydrogen) atoms. The molecule has 1 N–H and O–H groups in total. The van der Waals surface area contributed by atoms with E-state index in [4.69, 9.17) is 11.6 Å². The quantitative estimate of drug-likeness (QED) is 0.846. The first-order valence-corrected chi connectivity index (χ1v) is 6.57. The second-order valence-electron chi connectivity index (χ2n) is 4.84. The van der Waals surface area contributed by atoms with Crippen molar-refractivity contribution >= 4 is 11.6 Å². The summed E-state index contributed by atoms with van der Waals surface area (Å²) in [5.74, 6) is 0.866. The molecule has 0 saturated heterocycles. The standard InChI is InChI=1S/C14H20ClN/c1-16-14-8-4-12(5-9-14)10-11-2-6-13(15)7-3-11/h2-3,6-7,12,14,16H,4-5,8-10H2,1H3. The van der Waals surface area contributed by atoms with Gasteiger partial charge in [-0.1, -0.05) is 23.7 Å². The zero-order chi connectivity index (χ0) is 11.4. The zero-order valence-corrected chi connectivity index (χ0v) is 10.6. The number of hydrogen-bond donors (Lipinski definition) is 1. The Bertz CT molecular complexity index is 312. The van der Waals surface area contributed by atoms with E-state index in [1.165, 1.54) is 37.7 Å². The summed E-state index contributed by atoms with van der Waals surface area (Å²) in [6, 6.07) is 9.06. The molecule has 0 bridgehead atoms. The van der Waals surface area contributed by atoms with E-state index in [1.54, 1.807) is 0 Å². The Morgan fingerprint density at radius 3 is 2.31 bits per heavy atom. The van der Waals surface area contributed by atoms with Gasteiger partial charge >= 0.3 is 0 Å². The van der Waals surface area contributed by atoms with Crippen LogP contribution in [0.4, 0.5) is 0 Å². The van der Waals surface area contributed by atoms with Crippen molar-refractivity contribution in [2.75, 3.05) is 7.05 Å². The summed E-state index contributed by atoms with van der Waals surface area (Å²) < 4.78 is 0. The molecule has 0 aliphatic heterocycles. The Labute approximate surface area is 103 Å². The maximum atomic E-state index is 5.88. The normalized spacial score (nSPS) is 25.6. The molecule has 2 heteroatoms. The van der Waals surface area contributed by atoms with Crippen molar-refractivity contribution in [3.8, 4) is 0 Å². The summed E-state index contributed by atoms with van der Waals surface area (Å²) in [4.78, 5) is 0. The molecular weight excluding hydrogens is 218 g/mol. The van der Waals surface area contributed by atoms with E-state index < -0.39 is 0 Å². The molecule has 1 aromatic carbocycles. The molecule has 1 nitrogen and oxygen atoms in total. The molecular formula is C14H20ClN. The molecule has 0 spiro atoms. The smallest absolute Gasteiger partial charge is 0.0406 e. The topological polar surface area (TPSA) is 12.0 Å². The summed E-state index contributed by atoms with van der Waals surface area (Å²) in [5.41, 5.74) is 1.43. The van der Waals surface area contributed by atoms with Gasteiger partial charge in [-0.05, 0) is 62.8 Å². The Balaban J connectivity index is 1.84. The number of benzene rings is 1. The van der Waals surface area contributed by atoms with Crippen molar-refractivity contribution in [3.05, 3.63) is 34.9 Å². The van der Waals surface area contributed by atoms with Gasteiger partial charge in [-0.2, -0.15) is 0 Å². The molecule has 1 aliphatic carbocycles. The summed E-state index contributed by atoms with van der Waals surface area (Å²) >= 11 is 5.88. The summed E-state index contributed by atoms with van der Waals surface area (Å²) in [6.45, 7) is 0. The minimum Gasteiger partial charge on any atom is -0.317 e. The van der Waals surface area contributed by atoms with Crippen LogP contribution in [-0.4, -0.2) is 13.1 Å². The molecule has 1 aromatic rings. The highest BCUT2D eigenvalue weighted by Crippen LogP contribution is 2.27. The average molecular weight is 238 g/mol. The first kappa shape index (κ1) is 11.9. The molecule has 0 atom stereocenters. The number of rotatable bonds is 3. The van der Waals surface area contributed by atoms with E-state index in [-0.39, 0.29) is 0 Å². The lowest BCUT2D eigenvalue weighted by molar-refractivity contribution is 0.300. The van der Waals surface area contributed by atoms with Gasteiger partial charge in [0, 0.05) is 11.1 Å². The highest BCUT2D eigenvalue weighted by Gasteiger charge is 2.19. The fourth-order valence-corrected chi connectivity index (χ4v) is 2.74. The van der Waals surface area contributed by atoms with Crippen molar-refractivity contribution in [1.82, 2.24) is 5.32 Å². The van der Waals surface area contributed by atoms with E-state index in [9.17, 15) is 0 Å². The molecule has 1 fully saturated rings. The SMILES string of the molecule is CNC1CCC(Cc2ccc(Cl)cc2)CC1. The number of nitrogens with one attached hydrogen (secondary N) is 1. The number of hydrogen-bond acceptors (Lipinski definition) is 1. The van der Waals surface area contributed by atoms with Crippen LogP contribution < -0.4 is 5.32 Å². The number of halogens is 1. The van der Waals surface area contributed by atoms with Crippen LogP contribution in [-0.2, 0) is 6.42 Å². The minimum absolute atomic E-state index is 0.751. The monoisotopic (exact) mass is 237 g/mol. The maximum Gasteiger partial charge on any atom is 0.0406 e. The van der Waals surface area contributed by atoms with Crippen LogP contribution in [0, 0.1) is 5.92 Å². The molecule has 0 radical (unpaired) electrons. The third kappa shape index (κ3) is 3.23. The van der Waals surface area contributed by atoms with Crippen LogP contribution in [0.2, 0.25) is 5.02 Å². The van der Waals surface area contributed by atoms with E-state index in [0.717, 1.165) is 17.0 Å². The molecule has 1 aliphatic rings. The van der Waals surface area contributed by atoms with Crippen molar-refractivity contribution < 1.29 is 0 Å². The van der Waals surface area contributed by atoms with E-state index in [2.05, 4.69) is 24.5 Å². The van der Waals surface area contributed by atoms with Crippen LogP contribution in [0.3, 0.4) is 0 Å². The van der Waals surface area contributed by atoms with Crippen molar-refractivity contribution in [2.45, 2.75) is 38.1 Å². The largest absolute Gasteiger partial charge is 0.317 e. The Morgan fingerprint density at radius 1 is 1.12 bits per heavy atom. The fourth-order valence-electron chi connectivity index (χ4n) is 2.61. The van der Waals surface area contributed by atoms with Crippen LogP contribution >= 0.6 is 11.6 Å². The average Bonchev–Trinajstić information content (AvgIpc) is 2.33. The summed E-state index contributed by atoms with van der Waals surface area (Å²) in [5, 5.41) is 4.21.